The Morgan fingerprint density at radius 2 is 2.26 bits per heavy atom. The molecular formula is C15H22N2O2. The zero-order valence-electron chi connectivity index (χ0n) is 11.9. The minimum atomic E-state index is 0.00227. The Bertz CT molecular complexity index is 457. The van der Waals surface area contributed by atoms with Crippen molar-refractivity contribution in [3.63, 3.8) is 0 Å². The lowest BCUT2D eigenvalue weighted by atomic mass is 10.0. The number of rotatable bonds is 3. The van der Waals surface area contributed by atoms with Crippen molar-refractivity contribution in [1.29, 1.82) is 0 Å². The van der Waals surface area contributed by atoms with Crippen LogP contribution < -0.4 is 10.1 Å². The first-order valence-corrected chi connectivity index (χ1v) is 6.66. The summed E-state index contributed by atoms with van der Waals surface area (Å²) in [5.74, 6) is 0.980. The third-order valence-electron chi connectivity index (χ3n) is 3.41. The van der Waals surface area contributed by atoms with E-state index < -0.39 is 0 Å². The van der Waals surface area contributed by atoms with Crippen LogP contribution in [0.25, 0.3) is 0 Å². The molecule has 1 fully saturated rings. The van der Waals surface area contributed by atoms with Gasteiger partial charge in [-0.1, -0.05) is 12.1 Å². The van der Waals surface area contributed by atoms with Crippen LogP contribution in [0.1, 0.15) is 19.4 Å². The molecule has 1 aromatic carbocycles. The quantitative estimate of drug-likeness (QED) is 0.896. The summed E-state index contributed by atoms with van der Waals surface area (Å²) >= 11 is 0. The summed E-state index contributed by atoms with van der Waals surface area (Å²) in [6.07, 6.45) is 0.438. The van der Waals surface area contributed by atoms with Crippen LogP contribution in [-0.2, 0) is 11.2 Å². The number of amides is 1. The van der Waals surface area contributed by atoms with Gasteiger partial charge in [0.2, 0.25) is 5.91 Å². The first-order valence-electron chi connectivity index (χ1n) is 6.66. The van der Waals surface area contributed by atoms with Crippen molar-refractivity contribution in [2.45, 2.75) is 25.8 Å². The van der Waals surface area contributed by atoms with Crippen molar-refractivity contribution in [2.75, 3.05) is 26.7 Å². The zero-order valence-corrected chi connectivity index (χ0v) is 11.9. The van der Waals surface area contributed by atoms with Gasteiger partial charge in [-0.2, -0.15) is 0 Å². The molecule has 4 nitrogen and oxygen atoms in total. The minimum absolute atomic E-state index is 0.00227. The molecule has 1 aromatic rings. The van der Waals surface area contributed by atoms with E-state index in [1.807, 2.05) is 29.2 Å². The standard InChI is InChI=1S/C15H22N2O2/c1-15(2)11-17(8-7-16-15)14(18)10-12-5-4-6-13(9-12)19-3/h4-6,9,16H,7-8,10-11H2,1-3H3. The van der Waals surface area contributed by atoms with Crippen molar-refractivity contribution in [1.82, 2.24) is 10.2 Å². The molecule has 0 bridgehead atoms. The summed E-state index contributed by atoms with van der Waals surface area (Å²) < 4.78 is 5.18. The Hall–Kier alpha value is -1.55. The lowest BCUT2D eigenvalue weighted by Gasteiger charge is -2.39. The fourth-order valence-electron chi connectivity index (χ4n) is 2.42. The van der Waals surface area contributed by atoms with E-state index in [4.69, 9.17) is 4.74 Å². The number of carbonyl (C=O) groups excluding carboxylic acids is 1. The molecule has 0 aromatic heterocycles. The minimum Gasteiger partial charge on any atom is -0.497 e. The van der Waals surface area contributed by atoms with E-state index in [2.05, 4.69) is 19.2 Å². The van der Waals surface area contributed by atoms with E-state index in [1.165, 1.54) is 0 Å². The number of nitrogens with one attached hydrogen (secondary N) is 1. The summed E-state index contributed by atoms with van der Waals surface area (Å²) in [5.41, 5.74) is 1.00. The van der Waals surface area contributed by atoms with Gasteiger partial charge in [0, 0.05) is 25.2 Å². The van der Waals surface area contributed by atoms with Crippen LogP contribution in [0.5, 0.6) is 5.75 Å². The molecule has 1 heterocycles. The van der Waals surface area contributed by atoms with E-state index in [0.29, 0.717) is 6.42 Å². The molecule has 4 heteroatoms. The molecule has 104 valence electrons. The van der Waals surface area contributed by atoms with Crippen LogP contribution in [0.2, 0.25) is 0 Å². The van der Waals surface area contributed by atoms with Crippen molar-refractivity contribution >= 4 is 5.91 Å². The summed E-state index contributed by atoms with van der Waals surface area (Å²) in [4.78, 5) is 14.3. The van der Waals surface area contributed by atoms with Gasteiger partial charge in [0.05, 0.1) is 13.5 Å². The van der Waals surface area contributed by atoms with Gasteiger partial charge in [0.15, 0.2) is 0 Å². The maximum atomic E-state index is 12.3. The summed E-state index contributed by atoms with van der Waals surface area (Å²) in [7, 11) is 1.64. The van der Waals surface area contributed by atoms with Gasteiger partial charge >= 0.3 is 0 Å². The molecule has 1 N–H and O–H groups in total. The summed E-state index contributed by atoms with van der Waals surface area (Å²) in [6, 6.07) is 7.70. The van der Waals surface area contributed by atoms with Gasteiger partial charge in [-0.15, -0.1) is 0 Å². The van der Waals surface area contributed by atoms with Crippen LogP contribution >= 0.6 is 0 Å². The molecule has 1 aliphatic heterocycles. The molecular weight excluding hydrogens is 240 g/mol. The molecule has 19 heavy (non-hydrogen) atoms. The Morgan fingerprint density at radius 1 is 1.47 bits per heavy atom. The van der Waals surface area contributed by atoms with E-state index in [1.54, 1.807) is 7.11 Å². The molecule has 0 saturated carbocycles. The van der Waals surface area contributed by atoms with Crippen molar-refractivity contribution in [3.8, 4) is 5.75 Å². The SMILES string of the molecule is COc1cccc(CC(=O)N2CCNC(C)(C)C2)c1. The monoisotopic (exact) mass is 262 g/mol. The largest absolute Gasteiger partial charge is 0.497 e. The van der Waals surface area contributed by atoms with Crippen molar-refractivity contribution in [3.05, 3.63) is 29.8 Å². The predicted octanol–water partition coefficient (Wildman–Crippen LogP) is 1.45. The van der Waals surface area contributed by atoms with Crippen molar-refractivity contribution < 1.29 is 9.53 Å². The second-order valence-corrected chi connectivity index (χ2v) is 5.65. The maximum absolute atomic E-state index is 12.3. The Balaban J connectivity index is 2.00. The average molecular weight is 262 g/mol. The molecule has 0 spiro atoms. The lowest BCUT2D eigenvalue weighted by molar-refractivity contribution is -0.132. The molecule has 0 atom stereocenters. The van der Waals surface area contributed by atoms with E-state index in [0.717, 1.165) is 30.9 Å². The van der Waals surface area contributed by atoms with E-state index >= 15 is 0 Å². The molecule has 1 aliphatic rings. The molecule has 0 unspecified atom stereocenters. The first kappa shape index (κ1) is 13.9. The molecule has 1 saturated heterocycles. The third kappa shape index (κ3) is 3.70. The zero-order chi connectivity index (χ0) is 13.9. The number of benzene rings is 1. The second kappa shape index (κ2) is 5.61. The highest BCUT2D eigenvalue weighted by molar-refractivity contribution is 5.79. The number of ether oxygens (including phenoxy) is 1. The van der Waals surface area contributed by atoms with Gasteiger partial charge in [0.1, 0.15) is 5.75 Å². The number of piperazine rings is 1. The fraction of sp³-hybridized carbons (Fsp3) is 0.533. The molecule has 2 rings (SSSR count). The van der Waals surface area contributed by atoms with Gasteiger partial charge in [0.25, 0.3) is 0 Å². The number of carbonyl (C=O) groups is 1. The highest BCUT2D eigenvalue weighted by Crippen LogP contribution is 2.15. The van der Waals surface area contributed by atoms with Crippen LogP contribution in [0, 0.1) is 0 Å². The summed E-state index contributed by atoms with van der Waals surface area (Å²) in [6.45, 7) is 6.65. The van der Waals surface area contributed by atoms with Gasteiger partial charge in [-0.05, 0) is 31.5 Å². The van der Waals surface area contributed by atoms with Gasteiger partial charge < -0.3 is 15.0 Å². The normalized spacial score (nSPS) is 18.2. The Kier molecular flexibility index (Phi) is 4.10. The van der Waals surface area contributed by atoms with Gasteiger partial charge in [-0.25, -0.2) is 0 Å². The average Bonchev–Trinajstić information content (AvgIpc) is 2.37. The van der Waals surface area contributed by atoms with Crippen LogP contribution in [-0.4, -0.2) is 43.1 Å². The smallest absolute Gasteiger partial charge is 0.227 e. The number of hydrogen-bond donors (Lipinski definition) is 1. The lowest BCUT2D eigenvalue weighted by Crippen LogP contribution is -2.58. The Labute approximate surface area is 114 Å². The Morgan fingerprint density at radius 3 is 2.95 bits per heavy atom. The van der Waals surface area contributed by atoms with Crippen LogP contribution in [0.4, 0.5) is 0 Å². The highest BCUT2D eigenvalue weighted by atomic mass is 16.5. The highest BCUT2D eigenvalue weighted by Gasteiger charge is 2.28. The predicted molar refractivity (Wildman–Crippen MR) is 75.4 cm³/mol. The summed E-state index contributed by atoms with van der Waals surface area (Å²) in [5, 5.41) is 3.41. The van der Waals surface area contributed by atoms with Crippen LogP contribution in [0.3, 0.4) is 0 Å². The second-order valence-electron chi connectivity index (χ2n) is 5.65. The van der Waals surface area contributed by atoms with E-state index in [-0.39, 0.29) is 11.4 Å². The number of methoxy groups -OCH3 is 1. The number of nitrogens with zero attached hydrogens (tertiary/aromatic N) is 1. The molecule has 1 amide bonds. The first-order chi connectivity index (χ1) is 9.00. The molecule has 0 aliphatic carbocycles. The van der Waals surface area contributed by atoms with Crippen molar-refractivity contribution in [2.24, 2.45) is 0 Å². The third-order valence-corrected chi connectivity index (χ3v) is 3.41. The number of hydrogen-bond acceptors (Lipinski definition) is 3. The van der Waals surface area contributed by atoms with Gasteiger partial charge in [-0.3, -0.25) is 4.79 Å². The van der Waals surface area contributed by atoms with Crippen LogP contribution in [0.15, 0.2) is 24.3 Å². The molecule has 0 radical (unpaired) electrons. The fourth-order valence-corrected chi connectivity index (χ4v) is 2.42. The topological polar surface area (TPSA) is 41.6 Å². The van der Waals surface area contributed by atoms with E-state index in [9.17, 15) is 4.79 Å². The maximum Gasteiger partial charge on any atom is 0.227 e.